The molecule has 35 heavy (non-hydrogen) atoms. The second-order valence-electron chi connectivity index (χ2n) is 8.63. The Balaban J connectivity index is 1.15. The maximum atomic E-state index is 14.5. The smallest absolute Gasteiger partial charge is 0.415 e. The van der Waals surface area contributed by atoms with Crippen LogP contribution in [0.5, 0.6) is 5.88 Å². The molecular formula is C24H24FN5O5. The van der Waals surface area contributed by atoms with Gasteiger partial charge in [-0.25, -0.2) is 19.2 Å². The molecule has 0 spiro atoms. The molecule has 2 amide bonds. The molecule has 4 heterocycles. The zero-order chi connectivity index (χ0) is 24.5. The van der Waals surface area contributed by atoms with Crippen LogP contribution in [0.25, 0.3) is 10.9 Å². The number of benzene rings is 1. The van der Waals surface area contributed by atoms with E-state index in [1.54, 1.807) is 19.2 Å². The van der Waals surface area contributed by atoms with E-state index in [1.165, 1.54) is 27.8 Å². The topological polar surface area (TPSA) is 116 Å². The third-order valence-corrected chi connectivity index (χ3v) is 6.26. The van der Waals surface area contributed by atoms with Crippen LogP contribution in [-0.2, 0) is 23.0 Å². The summed E-state index contributed by atoms with van der Waals surface area (Å²) in [6.45, 7) is 0.196. The van der Waals surface area contributed by atoms with E-state index in [-0.39, 0.29) is 47.5 Å². The van der Waals surface area contributed by atoms with Crippen molar-refractivity contribution >= 4 is 34.5 Å². The van der Waals surface area contributed by atoms with Crippen molar-refractivity contribution in [1.29, 1.82) is 0 Å². The second-order valence-corrected chi connectivity index (χ2v) is 8.63. The molecule has 1 N–H and O–H groups in total. The molecule has 2 aliphatic rings. The van der Waals surface area contributed by atoms with Crippen LogP contribution >= 0.6 is 0 Å². The van der Waals surface area contributed by atoms with Gasteiger partial charge in [-0.3, -0.25) is 14.5 Å². The van der Waals surface area contributed by atoms with Gasteiger partial charge in [0.25, 0.3) is 17.3 Å². The highest BCUT2D eigenvalue weighted by Crippen LogP contribution is 2.28. The summed E-state index contributed by atoms with van der Waals surface area (Å²) in [7, 11) is 1.65. The lowest BCUT2D eigenvalue weighted by Gasteiger charge is -2.18. The minimum Gasteiger partial charge on any atom is -0.465 e. The van der Waals surface area contributed by atoms with Gasteiger partial charge in [-0.05, 0) is 49.3 Å². The number of halogens is 1. The number of aromatic nitrogens is 3. The fourth-order valence-electron chi connectivity index (χ4n) is 4.48. The number of rotatable bonds is 7. The number of nitrogens with zero attached hydrogens (tertiary/aromatic N) is 4. The molecule has 3 aromatic rings. The fraction of sp³-hybridized carbons (Fsp3) is 0.375. The van der Waals surface area contributed by atoms with Crippen LogP contribution in [0, 0.1) is 5.82 Å². The first-order valence-corrected chi connectivity index (χ1v) is 11.5. The van der Waals surface area contributed by atoms with E-state index < -0.39 is 6.09 Å². The van der Waals surface area contributed by atoms with Crippen LogP contribution in [-0.4, -0.2) is 45.8 Å². The highest BCUT2D eigenvalue weighted by Gasteiger charge is 2.34. The Kier molecular flexibility index (Phi) is 6.06. The zero-order valence-electron chi connectivity index (χ0n) is 19.1. The lowest BCUT2D eigenvalue weighted by Crippen LogP contribution is -2.29. The summed E-state index contributed by atoms with van der Waals surface area (Å²) in [6, 6.07) is 6.32. The van der Waals surface area contributed by atoms with Gasteiger partial charge in [0.1, 0.15) is 11.9 Å². The lowest BCUT2D eigenvalue weighted by molar-refractivity contribution is -0.118. The minimum atomic E-state index is -0.522. The lowest BCUT2D eigenvalue weighted by atomic mass is 10.0. The molecule has 2 aliphatic heterocycles. The van der Waals surface area contributed by atoms with Gasteiger partial charge in [0.2, 0.25) is 0 Å². The number of unbranched alkanes of at least 4 members (excludes halogenated alkanes) is 2. The highest BCUT2D eigenvalue weighted by molar-refractivity contribution is 5.94. The third kappa shape index (κ3) is 4.53. The number of anilines is 2. The van der Waals surface area contributed by atoms with Crippen molar-refractivity contribution in [2.24, 2.45) is 7.05 Å². The summed E-state index contributed by atoms with van der Waals surface area (Å²) in [4.78, 5) is 45.6. The van der Waals surface area contributed by atoms with Gasteiger partial charge in [0, 0.05) is 18.7 Å². The maximum absolute atomic E-state index is 14.5. The molecule has 2 aromatic heterocycles. The highest BCUT2D eigenvalue weighted by atomic mass is 19.1. The average Bonchev–Trinajstić information content (AvgIpc) is 3.22. The van der Waals surface area contributed by atoms with Crippen molar-refractivity contribution < 1.29 is 23.5 Å². The summed E-state index contributed by atoms with van der Waals surface area (Å²) < 4.78 is 26.7. The van der Waals surface area contributed by atoms with Gasteiger partial charge in [-0.1, -0.05) is 6.42 Å². The number of amides is 2. The molecule has 0 unspecified atom stereocenters. The minimum absolute atomic E-state index is 0.125. The van der Waals surface area contributed by atoms with Crippen LogP contribution in [0.4, 0.5) is 20.8 Å². The number of nitrogens with one attached hydrogen (secondary N) is 1. The van der Waals surface area contributed by atoms with E-state index >= 15 is 0 Å². The Morgan fingerprint density at radius 2 is 1.97 bits per heavy atom. The van der Waals surface area contributed by atoms with E-state index in [0.29, 0.717) is 30.5 Å². The van der Waals surface area contributed by atoms with Gasteiger partial charge in [-0.15, -0.1) is 0 Å². The molecule has 0 bridgehead atoms. The first kappa shape index (κ1) is 22.8. The van der Waals surface area contributed by atoms with Crippen LogP contribution in [0.1, 0.15) is 31.2 Å². The molecule has 1 aromatic carbocycles. The molecule has 10 nitrogen and oxygen atoms in total. The van der Waals surface area contributed by atoms with Crippen molar-refractivity contribution in [2.45, 2.75) is 38.2 Å². The van der Waals surface area contributed by atoms with E-state index in [2.05, 4.69) is 15.3 Å². The van der Waals surface area contributed by atoms with Gasteiger partial charge in [-0.2, -0.15) is 0 Å². The Morgan fingerprint density at radius 3 is 2.83 bits per heavy atom. The number of hydrogen-bond acceptors (Lipinski definition) is 7. The number of carbonyl (C=O) groups excluding carboxylic acids is 2. The third-order valence-electron chi connectivity index (χ3n) is 6.26. The van der Waals surface area contributed by atoms with Crippen LogP contribution in [0.3, 0.4) is 0 Å². The van der Waals surface area contributed by atoms with E-state index in [1.807, 2.05) is 0 Å². The van der Waals surface area contributed by atoms with E-state index in [0.717, 1.165) is 24.6 Å². The molecule has 11 heteroatoms. The zero-order valence-corrected chi connectivity index (χ0v) is 19.1. The van der Waals surface area contributed by atoms with Crippen LogP contribution in [0.2, 0.25) is 0 Å². The molecule has 1 atom stereocenters. The number of cyclic esters (lactones) is 1. The summed E-state index contributed by atoms with van der Waals surface area (Å²) in [5, 5.41) is 3.40. The molecular weight excluding hydrogens is 457 g/mol. The number of aryl methyl sites for hydroxylation is 2. The Morgan fingerprint density at radius 1 is 1.14 bits per heavy atom. The van der Waals surface area contributed by atoms with Crippen molar-refractivity contribution in [3.05, 3.63) is 52.2 Å². The largest absolute Gasteiger partial charge is 0.465 e. The Bertz CT molecular complexity index is 1370. The normalized spacial score (nSPS) is 17.2. The Labute approximate surface area is 199 Å². The standard InChI is InChI=1S/C24H24FN5O5/c1-29-20(32)10-8-14-7-9-17(25)16(21(14)29)6-4-2-3-5-15-12-30(24(33)35-15)18-11-26-23-22(27-18)28-19(31)13-34-23/h7-11,15H,2-6,12-13H2,1H3,(H,27,28,31)/t15-/m0/s1. The monoisotopic (exact) mass is 481 g/mol. The molecule has 1 saturated heterocycles. The molecule has 182 valence electrons. The predicted molar refractivity (Wildman–Crippen MR) is 125 cm³/mol. The number of ether oxygens (including phenoxy) is 2. The number of carbonyl (C=O) groups is 2. The van der Waals surface area contributed by atoms with Crippen LogP contribution in [0.15, 0.2) is 35.3 Å². The average molecular weight is 481 g/mol. The molecule has 0 aliphatic carbocycles. The van der Waals surface area contributed by atoms with E-state index in [9.17, 15) is 18.8 Å². The first-order chi connectivity index (χ1) is 16.9. The molecule has 0 radical (unpaired) electrons. The first-order valence-electron chi connectivity index (χ1n) is 11.5. The number of hydrogen-bond donors (Lipinski definition) is 1. The summed E-state index contributed by atoms with van der Waals surface area (Å²) in [5.74, 6) is 0.00988. The van der Waals surface area contributed by atoms with Gasteiger partial charge < -0.3 is 19.4 Å². The molecule has 0 saturated carbocycles. The van der Waals surface area contributed by atoms with Crippen molar-refractivity contribution in [3.8, 4) is 5.88 Å². The number of fused-ring (bicyclic) bond motifs is 2. The quantitative estimate of drug-likeness (QED) is 0.516. The van der Waals surface area contributed by atoms with Gasteiger partial charge >= 0.3 is 6.09 Å². The van der Waals surface area contributed by atoms with Crippen molar-refractivity contribution in [1.82, 2.24) is 14.5 Å². The molecule has 5 rings (SSSR count). The fourth-order valence-corrected chi connectivity index (χ4v) is 4.48. The number of pyridine rings is 1. The molecule has 1 fully saturated rings. The Hall–Kier alpha value is -4.02. The van der Waals surface area contributed by atoms with Crippen molar-refractivity contribution in [3.63, 3.8) is 0 Å². The SMILES string of the molecule is Cn1c(=O)ccc2ccc(F)c(CCCCC[C@H]3CN(c4cnc5c(n4)NC(=O)CO5)C(=O)O3)c21. The van der Waals surface area contributed by atoms with Gasteiger partial charge in [0.05, 0.1) is 18.3 Å². The maximum Gasteiger partial charge on any atom is 0.415 e. The van der Waals surface area contributed by atoms with Crippen molar-refractivity contribution in [2.75, 3.05) is 23.4 Å². The second kappa shape index (κ2) is 9.32. The summed E-state index contributed by atoms with van der Waals surface area (Å²) in [6.07, 6.45) is 4.08. The summed E-state index contributed by atoms with van der Waals surface area (Å²) >= 11 is 0. The van der Waals surface area contributed by atoms with E-state index in [4.69, 9.17) is 9.47 Å². The predicted octanol–water partition coefficient (Wildman–Crippen LogP) is 2.93. The van der Waals surface area contributed by atoms with Crippen LogP contribution < -0.4 is 20.5 Å². The summed E-state index contributed by atoms with van der Waals surface area (Å²) in [5.41, 5.74) is 1.00. The van der Waals surface area contributed by atoms with Gasteiger partial charge in [0.15, 0.2) is 18.2 Å².